The summed E-state index contributed by atoms with van der Waals surface area (Å²) in [6.45, 7) is 5.93. The second-order valence-corrected chi connectivity index (χ2v) is 5.82. The van der Waals surface area contributed by atoms with Crippen molar-refractivity contribution in [2.45, 2.75) is 13.8 Å². The normalized spacial score (nSPS) is 14.3. The molecule has 2 aromatic rings. The molecule has 2 aromatic heterocycles. The Hall–Kier alpha value is -3.03. The van der Waals surface area contributed by atoms with Gasteiger partial charge < -0.3 is 15.1 Å². The summed E-state index contributed by atoms with van der Waals surface area (Å²) in [7, 11) is 0. The summed E-state index contributed by atoms with van der Waals surface area (Å²) in [6.07, 6.45) is 3.27. The minimum Gasteiger partial charge on any atom is -0.352 e. The van der Waals surface area contributed by atoms with E-state index in [1.807, 2.05) is 4.90 Å². The monoisotopic (exact) mass is 340 g/mol. The highest BCUT2D eigenvalue weighted by Crippen LogP contribution is 2.16. The maximum absolute atomic E-state index is 12.5. The molecule has 8 nitrogen and oxygen atoms in total. The Morgan fingerprint density at radius 3 is 2.52 bits per heavy atom. The van der Waals surface area contributed by atoms with E-state index in [1.54, 1.807) is 49.3 Å². The Balaban J connectivity index is 1.74. The topological polar surface area (TPSA) is 91.3 Å². The van der Waals surface area contributed by atoms with E-state index < -0.39 is 0 Å². The third-order valence-corrected chi connectivity index (χ3v) is 4.11. The molecule has 0 aromatic carbocycles. The fraction of sp³-hybridized carbons (Fsp3) is 0.353. The van der Waals surface area contributed by atoms with E-state index in [4.69, 9.17) is 0 Å². The van der Waals surface area contributed by atoms with Crippen LogP contribution in [-0.4, -0.2) is 57.8 Å². The number of amides is 2. The second kappa shape index (κ2) is 7.25. The molecule has 8 heteroatoms. The van der Waals surface area contributed by atoms with Crippen LogP contribution in [0.25, 0.3) is 0 Å². The number of nitrogens with zero attached hydrogens (tertiary/aromatic N) is 5. The van der Waals surface area contributed by atoms with Gasteiger partial charge in [0.1, 0.15) is 11.6 Å². The largest absolute Gasteiger partial charge is 0.352 e. The number of carbonyl (C=O) groups excluding carboxylic acids is 2. The molecule has 3 rings (SSSR count). The number of hydrogen-bond donors (Lipinski definition) is 1. The van der Waals surface area contributed by atoms with Crippen LogP contribution in [0.4, 0.5) is 11.6 Å². The average molecular weight is 340 g/mol. The molecule has 0 bridgehead atoms. The molecule has 1 aliphatic rings. The number of rotatable bonds is 3. The first kappa shape index (κ1) is 16.8. The standard InChI is InChI=1S/C17H20N6O2/c1-12-16(17(25)20-14-5-3-4-6-18-14)21-15(11-19-12)23-9-7-22(8-10-23)13(2)24/h3-6,11H,7-10H2,1-2H3,(H,18,20,25). The van der Waals surface area contributed by atoms with Crippen molar-refractivity contribution in [1.29, 1.82) is 0 Å². The lowest BCUT2D eigenvalue weighted by Gasteiger charge is -2.34. The molecule has 25 heavy (non-hydrogen) atoms. The number of anilines is 2. The summed E-state index contributed by atoms with van der Waals surface area (Å²) in [6, 6.07) is 5.29. The van der Waals surface area contributed by atoms with Crippen LogP contribution >= 0.6 is 0 Å². The zero-order valence-corrected chi connectivity index (χ0v) is 14.3. The van der Waals surface area contributed by atoms with Gasteiger partial charge in [0.25, 0.3) is 5.91 Å². The van der Waals surface area contributed by atoms with Crippen LogP contribution < -0.4 is 10.2 Å². The van der Waals surface area contributed by atoms with E-state index in [0.717, 1.165) is 0 Å². The van der Waals surface area contributed by atoms with Crippen LogP contribution in [0, 0.1) is 6.92 Å². The molecular weight excluding hydrogens is 320 g/mol. The predicted octanol–water partition coefficient (Wildman–Crippen LogP) is 1.10. The number of aromatic nitrogens is 3. The molecule has 1 aliphatic heterocycles. The Morgan fingerprint density at radius 2 is 1.88 bits per heavy atom. The number of piperazine rings is 1. The molecule has 0 spiro atoms. The first-order valence-electron chi connectivity index (χ1n) is 8.11. The van der Waals surface area contributed by atoms with E-state index in [2.05, 4.69) is 20.3 Å². The van der Waals surface area contributed by atoms with Crippen LogP contribution in [0.15, 0.2) is 30.6 Å². The van der Waals surface area contributed by atoms with Crippen molar-refractivity contribution in [3.8, 4) is 0 Å². The van der Waals surface area contributed by atoms with Crippen molar-refractivity contribution in [1.82, 2.24) is 19.9 Å². The fourth-order valence-corrected chi connectivity index (χ4v) is 2.67. The first-order valence-corrected chi connectivity index (χ1v) is 8.11. The van der Waals surface area contributed by atoms with Crippen molar-refractivity contribution in [2.75, 3.05) is 36.4 Å². The van der Waals surface area contributed by atoms with Gasteiger partial charge in [0.15, 0.2) is 5.69 Å². The molecule has 130 valence electrons. The van der Waals surface area contributed by atoms with E-state index >= 15 is 0 Å². The van der Waals surface area contributed by atoms with Crippen LogP contribution in [-0.2, 0) is 4.79 Å². The van der Waals surface area contributed by atoms with Gasteiger partial charge in [0.05, 0.1) is 11.9 Å². The van der Waals surface area contributed by atoms with Gasteiger partial charge in [0, 0.05) is 39.3 Å². The minimum atomic E-state index is -0.340. The van der Waals surface area contributed by atoms with E-state index in [9.17, 15) is 9.59 Å². The summed E-state index contributed by atoms with van der Waals surface area (Å²) in [5.74, 6) is 0.840. The lowest BCUT2D eigenvalue weighted by molar-refractivity contribution is -0.129. The van der Waals surface area contributed by atoms with Crippen molar-refractivity contribution in [2.24, 2.45) is 0 Å². The third kappa shape index (κ3) is 3.90. The van der Waals surface area contributed by atoms with Gasteiger partial charge in [0.2, 0.25) is 5.91 Å². The van der Waals surface area contributed by atoms with E-state index in [0.29, 0.717) is 43.5 Å². The SMILES string of the molecule is CC(=O)N1CCN(c2cnc(C)c(C(=O)Nc3ccccn3)n2)CC1. The highest BCUT2D eigenvalue weighted by atomic mass is 16.2. The lowest BCUT2D eigenvalue weighted by atomic mass is 10.2. The molecule has 2 amide bonds. The molecule has 0 aliphatic carbocycles. The van der Waals surface area contributed by atoms with Gasteiger partial charge in [-0.2, -0.15) is 0 Å². The number of aryl methyl sites for hydroxylation is 1. The van der Waals surface area contributed by atoms with Crippen LogP contribution in [0.2, 0.25) is 0 Å². The Kier molecular flexibility index (Phi) is 4.87. The predicted molar refractivity (Wildman–Crippen MR) is 93.4 cm³/mol. The van der Waals surface area contributed by atoms with Crippen molar-refractivity contribution >= 4 is 23.5 Å². The first-order chi connectivity index (χ1) is 12.0. The number of carbonyl (C=O) groups is 2. The van der Waals surface area contributed by atoms with Gasteiger partial charge in [-0.05, 0) is 19.1 Å². The molecule has 1 fully saturated rings. The highest BCUT2D eigenvalue weighted by molar-refractivity contribution is 6.03. The zero-order valence-electron chi connectivity index (χ0n) is 14.3. The molecule has 1 N–H and O–H groups in total. The lowest BCUT2D eigenvalue weighted by Crippen LogP contribution is -2.48. The van der Waals surface area contributed by atoms with Crippen molar-refractivity contribution < 1.29 is 9.59 Å². The summed E-state index contributed by atoms with van der Waals surface area (Å²) in [5.41, 5.74) is 0.830. The molecule has 3 heterocycles. The summed E-state index contributed by atoms with van der Waals surface area (Å²) in [4.78, 5) is 40.6. The van der Waals surface area contributed by atoms with Gasteiger partial charge in [-0.25, -0.2) is 9.97 Å². The molecule has 0 radical (unpaired) electrons. The number of nitrogens with one attached hydrogen (secondary N) is 1. The molecule has 0 unspecified atom stereocenters. The Bertz CT molecular complexity index is 772. The second-order valence-electron chi connectivity index (χ2n) is 5.82. The summed E-state index contributed by atoms with van der Waals surface area (Å²) >= 11 is 0. The molecule has 1 saturated heterocycles. The maximum atomic E-state index is 12.5. The summed E-state index contributed by atoms with van der Waals surface area (Å²) < 4.78 is 0. The van der Waals surface area contributed by atoms with Crippen molar-refractivity contribution in [3.05, 3.63) is 42.0 Å². The average Bonchev–Trinajstić information content (AvgIpc) is 2.63. The summed E-state index contributed by atoms with van der Waals surface area (Å²) in [5, 5.41) is 2.73. The van der Waals surface area contributed by atoms with Gasteiger partial charge in [-0.15, -0.1) is 0 Å². The van der Waals surface area contributed by atoms with Gasteiger partial charge in [-0.3, -0.25) is 14.6 Å². The number of hydrogen-bond acceptors (Lipinski definition) is 6. The quantitative estimate of drug-likeness (QED) is 0.900. The van der Waals surface area contributed by atoms with Crippen LogP contribution in [0.3, 0.4) is 0 Å². The molecule has 0 atom stereocenters. The minimum absolute atomic E-state index is 0.0741. The smallest absolute Gasteiger partial charge is 0.277 e. The Morgan fingerprint density at radius 1 is 1.12 bits per heavy atom. The molecular formula is C17H20N6O2. The van der Waals surface area contributed by atoms with E-state index in [-0.39, 0.29) is 17.5 Å². The zero-order chi connectivity index (χ0) is 17.8. The van der Waals surface area contributed by atoms with E-state index in [1.165, 1.54) is 0 Å². The van der Waals surface area contributed by atoms with Gasteiger partial charge in [-0.1, -0.05) is 6.07 Å². The van der Waals surface area contributed by atoms with Crippen molar-refractivity contribution in [3.63, 3.8) is 0 Å². The van der Waals surface area contributed by atoms with Crippen LogP contribution in [0.5, 0.6) is 0 Å². The highest BCUT2D eigenvalue weighted by Gasteiger charge is 2.21. The third-order valence-electron chi connectivity index (χ3n) is 4.11. The maximum Gasteiger partial charge on any atom is 0.277 e. The number of pyridine rings is 1. The fourth-order valence-electron chi connectivity index (χ4n) is 2.67. The molecule has 0 saturated carbocycles. The van der Waals surface area contributed by atoms with Crippen LogP contribution in [0.1, 0.15) is 23.1 Å². The van der Waals surface area contributed by atoms with Gasteiger partial charge >= 0.3 is 0 Å². The Labute approximate surface area is 145 Å².